The summed E-state index contributed by atoms with van der Waals surface area (Å²) in [6, 6.07) is 15.4. The molecular weight excluding hydrogens is 439 g/mol. The fourth-order valence-corrected chi connectivity index (χ4v) is 3.65. The molecule has 0 radical (unpaired) electrons. The van der Waals surface area contributed by atoms with Gasteiger partial charge in [0.2, 0.25) is 11.1 Å². The summed E-state index contributed by atoms with van der Waals surface area (Å²) in [5.41, 5.74) is 1.15. The molecule has 0 saturated heterocycles. The minimum Gasteiger partial charge on any atom is -0.335 e. The van der Waals surface area contributed by atoms with Crippen molar-refractivity contribution >= 4 is 29.3 Å². The van der Waals surface area contributed by atoms with Gasteiger partial charge in [0.1, 0.15) is 6.54 Å². The average Bonchev–Trinajstić information content (AvgIpc) is 3.06. The van der Waals surface area contributed by atoms with Crippen LogP contribution in [0.15, 0.2) is 59.8 Å². The summed E-state index contributed by atoms with van der Waals surface area (Å²) in [6.45, 7) is -1.50. The number of nitrogens with zero attached hydrogens (tertiary/aromatic N) is 4. The lowest BCUT2D eigenvalue weighted by atomic mass is 10.2. The van der Waals surface area contributed by atoms with E-state index in [2.05, 4.69) is 10.2 Å². The quantitative estimate of drug-likeness (QED) is 0.430. The highest BCUT2D eigenvalue weighted by molar-refractivity contribution is 7.99. The zero-order valence-electron chi connectivity index (χ0n) is 15.5. The lowest BCUT2D eigenvalue weighted by Crippen LogP contribution is -2.39. The van der Waals surface area contributed by atoms with Crippen LogP contribution in [0.4, 0.5) is 13.2 Å². The highest BCUT2D eigenvalue weighted by atomic mass is 35.5. The third-order valence-corrected chi connectivity index (χ3v) is 5.30. The van der Waals surface area contributed by atoms with Crippen LogP contribution in [0.3, 0.4) is 0 Å². The van der Waals surface area contributed by atoms with E-state index >= 15 is 0 Å². The van der Waals surface area contributed by atoms with Gasteiger partial charge in [0.25, 0.3) is 0 Å². The zero-order valence-corrected chi connectivity index (χ0v) is 17.1. The Morgan fingerprint density at radius 3 is 2.43 bits per heavy atom. The highest BCUT2D eigenvalue weighted by Crippen LogP contribution is 2.28. The van der Waals surface area contributed by atoms with Crippen LogP contribution in [0.1, 0.15) is 5.56 Å². The molecule has 3 aromatic rings. The van der Waals surface area contributed by atoms with E-state index in [1.807, 2.05) is 0 Å². The number of rotatable bonds is 7. The Kier molecular flexibility index (Phi) is 6.88. The summed E-state index contributed by atoms with van der Waals surface area (Å²) in [7, 11) is 0. The second kappa shape index (κ2) is 9.40. The van der Waals surface area contributed by atoms with E-state index in [4.69, 9.17) is 17.4 Å². The normalized spacial score (nSPS) is 11.5. The third kappa shape index (κ3) is 5.67. The summed E-state index contributed by atoms with van der Waals surface area (Å²) in [5.74, 6) is 5.32. The predicted molar refractivity (Wildman–Crippen MR) is 109 cm³/mol. The molecule has 11 heteroatoms. The van der Waals surface area contributed by atoms with Crippen LogP contribution in [0.25, 0.3) is 11.4 Å². The van der Waals surface area contributed by atoms with E-state index in [1.165, 1.54) is 0 Å². The summed E-state index contributed by atoms with van der Waals surface area (Å²) < 4.78 is 40.1. The number of nitrogens with two attached hydrogens (primary N) is 1. The second-order valence-corrected chi connectivity index (χ2v) is 7.64. The summed E-state index contributed by atoms with van der Waals surface area (Å²) in [5, 5.41) is 8.50. The van der Waals surface area contributed by atoms with Crippen LogP contribution in [0.2, 0.25) is 5.02 Å². The van der Waals surface area contributed by atoms with Gasteiger partial charge in [-0.25, -0.2) is 4.68 Å². The highest BCUT2D eigenvalue weighted by Gasteiger charge is 2.33. The van der Waals surface area contributed by atoms with Crippen LogP contribution < -0.4 is 5.84 Å². The van der Waals surface area contributed by atoms with E-state index in [0.29, 0.717) is 16.1 Å². The number of carbonyl (C=O) groups is 1. The molecule has 0 unspecified atom stereocenters. The van der Waals surface area contributed by atoms with Crippen molar-refractivity contribution in [1.29, 1.82) is 0 Å². The summed E-state index contributed by atoms with van der Waals surface area (Å²) in [6.07, 6.45) is -4.51. The van der Waals surface area contributed by atoms with Gasteiger partial charge in [-0.1, -0.05) is 65.8 Å². The van der Waals surface area contributed by atoms with E-state index in [9.17, 15) is 18.0 Å². The predicted octanol–water partition coefficient (Wildman–Crippen LogP) is 4.00. The Bertz CT molecular complexity index is 1010. The molecular formula is C19H17ClF3N5OS. The molecule has 3 rings (SSSR count). The Morgan fingerprint density at radius 2 is 1.77 bits per heavy atom. The van der Waals surface area contributed by atoms with Crippen molar-refractivity contribution in [2.75, 3.05) is 18.1 Å². The summed E-state index contributed by atoms with van der Waals surface area (Å²) >= 11 is 7.04. The Morgan fingerprint density at radius 1 is 1.10 bits per heavy atom. The molecule has 0 aliphatic heterocycles. The zero-order chi connectivity index (χ0) is 21.7. The van der Waals surface area contributed by atoms with E-state index < -0.39 is 18.6 Å². The number of amides is 1. The number of hydrogen-bond acceptors (Lipinski definition) is 5. The van der Waals surface area contributed by atoms with Crippen molar-refractivity contribution < 1.29 is 18.0 Å². The lowest BCUT2D eigenvalue weighted by molar-refractivity contribution is -0.160. The van der Waals surface area contributed by atoms with E-state index in [0.717, 1.165) is 21.3 Å². The molecule has 6 nitrogen and oxygen atoms in total. The average molecular weight is 456 g/mol. The number of carbonyl (C=O) groups excluding carboxylic acids is 1. The van der Waals surface area contributed by atoms with Gasteiger partial charge in [-0.15, -0.1) is 10.2 Å². The van der Waals surface area contributed by atoms with Crippen LogP contribution in [-0.4, -0.2) is 44.2 Å². The lowest BCUT2D eigenvalue weighted by Gasteiger charge is -2.24. The van der Waals surface area contributed by atoms with Gasteiger partial charge in [-0.3, -0.25) is 4.79 Å². The Balaban J connectivity index is 1.71. The first-order chi connectivity index (χ1) is 14.2. The molecule has 0 aliphatic carbocycles. The molecule has 2 aromatic carbocycles. The summed E-state index contributed by atoms with van der Waals surface area (Å²) in [4.78, 5) is 13.3. The number of thioether (sulfide) groups is 1. The van der Waals surface area contributed by atoms with Crippen molar-refractivity contribution in [2.45, 2.75) is 17.9 Å². The van der Waals surface area contributed by atoms with Crippen LogP contribution in [-0.2, 0) is 11.3 Å². The molecule has 0 bridgehead atoms. The molecule has 0 aliphatic rings. The molecule has 1 amide bonds. The van der Waals surface area contributed by atoms with Crippen molar-refractivity contribution in [2.24, 2.45) is 0 Å². The molecule has 0 saturated carbocycles. The Hall–Kier alpha value is -2.72. The maximum atomic E-state index is 13.0. The largest absolute Gasteiger partial charge is 0.406 e. The first kappa shape index (κ1) is 22.0. The van der Waals surface area contributed by atoms with Gasteiger partial charge in [-0.2, -0.15) is 13.2 Å². The fraction of sp³-hybridized carbons (Fsp3) is 0.211. The number of nitrogen functional groups attached to an aromatic ring is 1. The van der Waals surface area contributed by atoms with Crippen LogP contribution in [0, 0.1) is 0 Å². The van der Waals surface area contributed by atoms with Gasteiger partial charge >= 0.3 is 6.18 Å². The van der Waals surface area contributed by atoms with Gasteiger partial charge in [-0.05, 0) is 17.7 Å². The van der Waals surface area contributed by atoms with Crippen molar-refractivity contribution in [3.8, 4) is 11.4 Å². The first-order valence-corrected chi connectivity index (χ1v) is 10.1. The molecule has 0 spiro atoms. The minimum absolute atomic E-state index is 0.153. The Labute approximate surface area is 179 Å². The maximum absolute atomic E-state index is 13.0. The minimum atomic E-state index is -4.51. The van der Waals surface area contributed by atoms with Gasteiger partial charge in [0.05, 0.1) is 10.8 Å². The van der Waals surface area contributed by atoms with Crippen molar-refractivity contribution in [3.05, 3.63) is 65.2 Å². The maximum Gasteiger partial charge on any atom is 0.406 e. The van der Waals surface area contributed by atoms with E-state index in [1.54, 1.807) is 54.6 Å². The fourth-order valence-electron chi connectivity index (χ4n) is 2.67. The molecule has 0 fully saturated rings. The standard InChI is InChI=1S/C19H17ClF3N5OS/c20-15-9-5-4-8-14(15)17-25-26-18(28(17)24)30-11-16(29)27(12-19(21,22)23)10-13-6-2-1-3-7-13/h1-9H,10-12,24H2. The van der Waals surface area contributed by atoms with Crippen LogP contribution >= 0.6 is 23.4 Å². The number of aromatic nitrogens is 3. The van der Waals surface area contributed by atoms with Gasteiger partial charge < -0.3 is 10.7 Å². The monoisotopic (exact) mass is 455 g/mol. The third-order valence-electron chi connectivity index (χ3n) is 4.04. The molecule has 2 N–H and O–H groups in total. The van der Waals surface area contributed by atoms with Crippen molar-refractivity contribution in [3.63, 3.8) is 0 Å². The number of hydrogen-bond donors (Lipinski definition) is 1. The molecule has 30 heavy (non-hydrogen) atoms. The van der Waals surface area contributed by atoms with E-state index in [-0.39, 0.29) is 23.3 Å². The van der Waals surface area contributed by atoms with Gasteiger partial charge in [0, 0.05) is 12.1 Å². The van der Waals surface area contributed by atoms with Crippen molar-refractivity contribution in [1.82, 2.24) is 19.8 Å². The smallest absolute Gasteiger partial charge is 0.335 e. The van der Waals surface area contributed by atoms with Crippen LogP contribution in [0.5, 0.6) is 0 Å². The SMILES string of the molecule is Nn1c(SCC(=O)N(Cc2ccccc2)CC(F)(F)F)nnc1-c1ccccc1Cl. The first-order valence-electron chi connectivity index (χ1n) is 8.71. The molecule has 0 atom stereocenters. The number of alkyl halides is 3. The second-order valence-electron chi connectivity index (χ2n) is 6.30. The molecule has 158 valence electrons. The molecule has 1 heterocycles. The number of benzene rings is 2. The van der Waals surface area contributed by atoms with Gasteiger partial charge in [0.15, 0.2) is 5.82 Å². The number of halogens is 4. The topological polar surface area (TPSA) is 77.0 Å². The molecule has 1 aromatic heterocycles.